The Morgan fingerprint density at radius 1 is 1.32 bits per heavy atom. The van der Waals surface area contributed by atoms with Crippen molar-refractivity contribution in [3.05, 3.63) is 46.2 Å². The maximum Gasteiger partial charge on any atom is 0.198 e. The summed E-state index contributed by atoms with van der Waals surface area (Å²) in [6.45, 7) is 0.804. The minimum absolute atomic E-state index is 0.402. The molecule has 0 radical (unpaired) electrons. The van der Waals surface area contributed by atoms with Gasteiger partial charge in [0.15, 0.2) is 5.60 Å². The van der Waals surface area contributed by atoms with Crippen LogP contribution in [0, 0.1) is 0 Å². The van der Waals surface area contributed by atoms with Gasteiger partial charge in [0.25, 0.3) is 0 Å². The first-order valence-corrected chi connectivity index (χ1v) is 8.03. The van der Waals surface area contributed by atoms with Gasteiger partial charge in [-0.3, -0.25) is 4.98 Å². The zero-order chi connectivity index (χ0) is 15.7. The molecule has 7 heteroatoms. The molecule has 1 unspecified atom stereocenters. The normalized spacial score (nSPS) is 16.0. The standard InChI is InChI=1S/C15H15Cl2N2O2P/c1-18-10-2-3-12(13(22)5-10)21-15(7-20-8-15)14-11(17)4-9(16)6-19-14/h2-6,18H,7-8,22H2,1H3. The molecule has 0 saturated carbocycles. The molecule has 3 rings (SSSR count). The fraction of sp³-hybridized carbons (Fsp3) is 0.267. The number of rotatable bonds is 4. The molecular formula is C15H15Cl2N2O2P. The number of ether oxygens (including phenoxy) is 2. The maximum atomic E-state index is 6.28. The third-order valence-corrected chi connectivity index (χ3v) is 4.46. The van der Waals surface area contributed by atoms with Gasteiger partial charge in [-0.25, -0.2) is 0 Å². The molecule has 22 heavy (non-hydrogen) atoms. The third kappa shape index (κ3) is 2.89. The fourth-order valence-electron chi connectivity index (χ4n) is 2.29. The summed E-state index contributed by atoms with van der Waals surface area (Å²) in [7, 11) is 4.55. The number of aromatic nitrogens is 1. The molecule has 0 spiro atoms. The largest absolute Gasteiger partial charge is 0.475 e. The average molecular weight is 357 g/mol. The molecule has 1 aromatic heterocycles. The number of anilines is 1. The van der Waals surface area contributed by atoms with Crippen LogP contribution in [0.1, 0.15) is 5.69 Å². The molecule has 1 atom stereocenters. The summed E-state index contributed by atoms with van der Waals surface area (Å²) in [5, 5.41) is 5.01. The Kier molecular flexibility index (Phi) is 4.47. The summed E-state index contributed by atoms with van der Waals surface area (Å²) in [4.78, 5) is 4.34. The van der Waals surface area contributed by atoms with E-state index in [-0.39, 0.29) is 0 Å². The van der Waals surface area contributed by atoms with E-state index in [0.29, 0.717) is 29.0 Å². The second-order valence-electron chi connectivity index (χ2n) is 5.08. The Balaban J connectivity index is 1.94. The zero-order valence-corrected chi connectivity index (χ0v) is 14.6. The topological polar surface area (TPSA) is 43.4 Å². The monoisotopic (exact) mass is 356 g/mol. The van der Waals surface area contributed by atoms with E-state index in [4.69, 9.17) is 32.7 Å². The van der Waals surface area contributed by atoms with Crippen molar-refractivity contribution < 1.29 is 9.47 Å². The maximum absolute atomic E-state index is 6.28. The second-order valence-corrected chi connectivity index (χ2v) is 6.54. The molecule has 116 valence electrons. The Hall–Kier alpha value is -1.06. The molecular weight excluding hydrogens is 342 g/mol. The van der Waals surface area contributed by atoms with Crippen molar-refractivity contribution in [2.45, 2.75) is 5.60 Å². The van der Waals surface area contributed by atoms with E-state index in [1.807, 2.05) is 25.2 Å². The Labute approximate surface area is 141 Å². The summed E-state index contributed by atoms with van der Waals surface area (Å²) in [6, 6.07) is 7.52. The van der Waals surface area contributed by atoms with Crippen molar-refractivity contribution >= 4 is 43.4 Å². The van der Waals surface area contributed by atoms with E-state index in [0.717, 1.165) is 16.7 Å². The smallest absolute Gasteiger partial charge is 0.198 e. The average Bonchev–Trinajstić information content (AvgIpc) is 2.45. The molecule has 1 saturated heterocycles. The number of benzene rings is 1. The molecule has 1 aliphatic heterocycles. The molecule has 1 aromatic carbocycles. The van der Waals surface area contributed by atoms with Crippen LogP contribution in [0.15, 0.2) is 30.5 Å². The van der Waals surface area contributed by atoms with E-state index in [1.54, 1.807) is 12.3 Å². The number of pyridine rings is 1. The Morgan fingerprint density at radius 2 is 2.09 bits per heavy atom. The summed E-state index contributed by atoms with van der Waals surface area (Å²) in [6.07, 6.45) is 1.57. The van der Waals surface area contributed by atoms with Crippen molar-refractivity contribution in [3.63, 3.8) is 0 Å². The zero-order valence-electron chi connectivity index (χ0n) is 11.9. The molecule has 1 N–H and O–H groups in total. The summed E-state index contributed by atoms with van der Waals surface area (Å²) in [5.74, 6) is 0.750. The van der Waals surface area contributed by atoms with Crippen molar-refractivity contribution in [2.75, 3.05) is 25.6 Å². The van der Waals surface area contributed by atoms with E-state index in [2.05, 4.69) is 19.5 Å². The van der Waals surface area contributed by atoms with Gasteiger partial charge in [0.05, 0.1) is 23.3 Å². The van der Waals surface area contributed by atoms with Crippen molar-refractivity contribution in [1.82, 2.24) is 4.98 Å². The number of nitrogens with zero attached hydrogens (tertiary/aromatic N) is 1. The van der Waals surface area contributed by atoms with Crippen LogP contribution in [0.3, 0.4) is 0 Å². The summed E-state index contributed by atoms with van der Waals surface area (Å²) < 4.78 is 11.6. The Morgan fingerprint density at radius 3 is 2.64 bits per heavy atom. The minimum atomic E-state index is -0.672. The summed E-state index contributed by atoms with van der Waals surface area (Å²) in [5.41, 5.74) is 0.986. The molecule has 1 fully saturated rings. The van der Waals surface area contributed by atoms with Gasteiger partial charge < -0.3 is 14.8 Å². The van der Waals surface area contributed by atoms with Gasteiger partial charge in [0.2, 0.25) is 0 Å². The lowest BCUT2D eigenvalue weighted by Gasteiger charge is -2.41. The van der Waals surface area contributed by atoms with Crippen LogP contribution >= 0.6 is 32.4 Å². The number of nitrogens with one attached hydrogen (secondary N) is 1. The van der Waals surface area contributed by atoms with Crippen LogP contribution in [0.25, 0.3) is 0 Å². The number of hydrogen-bond acceptors (Lipinski definition) is 4. The lowest BCUT2D eigenvalue weighted by atomic mass is 9.96. The molecule has 4 nitrogen and oxygen atoms in total. The molecule has 2 heterocycles. The van der Waals surface area contributed by atoms with Gasteiger partial charge in [-0.05, 0) is 24.3 Å². The molecule has 0 aliphatic carbocycles. The first kappa shape index (κ1) is 15.8. The van der Waals surface area contributed by atoms with E-state index < -0.39 is 5.60 Å². The van der Waals surface area contributed by atoms with Crippen molar-refractivity contribution in [2.24, 2.45) is 0 Å². The molecule has 2 aromatic rings. The van der Waals surface area contributed by atoms with Gasteiger partial charge in [-0.15, -0.1) is 9.24 Å². The second kappa shape index (κ2) is 6.21. The van der Waals surface area contributed by atoms with Crippen LogP contribution in [-0.2, 0) is 10.3 Å². The SMILES string of the molecule is CNc1ccc(OC2(c3ncc(Cl)cc3Cl)COC2)c(P)c1. The van der Waals surface area contributed by atoms with E-state index in [1.165, 1.54) is 0 Å². The highest BCUT2D eigenvalue weighted by molar-refractivity contribution is 7.27. The minimum Gasteiger partial charge on any atom is -0.475 e. The quantitative estimate of drug-likeness (QED) is 0.854. The predicted molar refractivity (Wildman–Crippen MR) is 92.7 cm³/mol. The first-order chi connectivity index (χ1) is 10.5. The van der Waals surface area contributed by atoms with Crippen molar-refractivity contribution in [3.8, 4) is 5.75 Å². The van der Waals surface area contributed by atoms with Crippen molar-refractivity contribution in [1.29, 1.82) is 0 Å². The lowest BCUT2D eigenvalue weighted by molar-refractivity contribution is -0.169. The van der Waals surface area contributed by atoms with Gasteiger partial charge in [-0.2, -0.15) is 0 Å². The summed E-state index contributed by atoms with van der Waals surface area (Å²) >= 11 is 12.2. The van der Waals surface area contributed by atoms with Crippen LogP contribution in [0.5, 0.6) is 5.75 Å². The highest BCUT2D eigenvalue weighted by Gasteiger charge is 2.46. The Bertz CT molecular complexity index is 708. The number of hydrogen-bond donors (Lipinski definition) is 1. The predicted octanol–water partition coefficient (Wildman–Crippen LogP) is 3.24. The highest BCUT2D eigenvalue weighted by atomic mass is 35.5. The van der Waals surface area contributed by atoms with Gasteiger partial charge in [0.1, 0.15) is 11.4 Å². The molecule has 0 amide bonds. The number of halogens is 2. The fourth-order valence-corrected chi connectivity index (χ4v) is 3.18. The van der Waals surface area contributed by atoms with E-state index in [9.17, 15) is 0 Å². The van der Waals surface area contributed by atoms with Crippen LogP contribution in [-0.4, -0.2) is 25.2 Å². The van der Waals surface area contributed by atoms with Gasteiger partial charge in [0, 0.05) is 24.2 Å². The van der Waals surface area contributed by atoms with Crippen LogP contribution in [0.4, 0.5) is 5.69 Å². The lowest BCUT2D eigenvalue weighted by Crippen LogP contribution is -2.52. The highest BCUT2D eigenvalue weighted by Crippen LogP contribution is 2.38. The van der Waals surface area contributed by atoms with Gasteiger partial charge >= 0.3 is 0 Å². The van der Waals surface area contributed by atoms with E-state index >= 15 is 0 Å². The molecule has 0 bridgehead atoms. The molecule has 1 aliphatic rings. The third-order valence-electron chi connectivity index (χ3n) is 3.51. The van der Waals surface area contributed by atoms with Crippen LogP contribution < -0.4 is 15.4 Å². The van der Waals surface area contributed by atoms with Gasteiger partial charge in [-0.1, -0.05) is 23.2 Å². The van der Waals surface area contributed by atoms with Crippen LogP contribution in [0.2, 0.25) is 10.0 Å². The first-order valence-electron chi connectivity index (χ1n) is 6.70.